The summed E-state index contributed by atoms with van der Waals surface area (Å²) in [6.45, 7) is 8.01. The van der Waals surface area contributed by atoms with E-state index in [2.05, 4.69) is 6.58 Å². The van der Waals surface area contributed by atoms with E-state index in [1.54, 1.807) is 18.1 Å². The number of hydrogen-bond donors (Lipinski definition) is 0. The smallest absolute Gasteiger partial charge is 0.245 e. The Labute approximate surface area is 126 Å². The third-order valence-electron chi connectivity index (χ3n) is 3.23. The summed E-state index contributed by atoms with van der Waals surface area (Å²) in [5.41, 5.74) is 1.89. The fourth-order valence-electron chi connectivity index (χ4n) is 1.94. The summed E-state index contributed by atoms with van der Waals surface area (Å²) in [7, 11) is 1.60. The van der Waals surface area contributed by atoms with Crippen LogP contribution < -0.4 is 4.90 Å². The van der Waals surface area contributed by atoms with E-state index >= 15 is 0 Å². The maximum absolute atomic E-state index is 12.5. The Kier molecular flexibility index (Phi) is 6.76. The molecule has 4 heteroatoms. The standard InChI is InChI=1S/C16H22ClNO2/c1-5-13(20-4)11-18(16(19)14(17)6-2)15-10-8-7-9-12(15)3/h5,7-10,13-14H,1,6,11H2,2-4H3. The fourth-order valence-corrected chi connectivity index (χ4v) is 2.06. The number of para-hydroxylation sites is 1. The summed E-state index contributed by atoms with van der Waals surface area (Å²) in [6.07, 6.45) is 2.06. The van der Waals surface area contributed by atoms with Gasteiger partial charge in [0.1, 0.15) is 5.38 Å². The molecular weight excluding hydrogens is 274 g/mol. The Morgan fingerprint density at radius 3 is 2.65 bits per heavy atom. The van der Waals surface area contributed by atoms with Crippen LogP contribution in [0.5, 0.6) is 0 Å². The molecule has 3 nitrogen and oxygen atoms in total. The number of carbonyl (C=O) groups is 1. The summed E-state index contributed by atoms with van der Waals surface area (Å²) >= 11 is 6.12. The van der Waals surface area contributed by atoms with Gasteiger partial charge in [0.2, 0.25) is 5.91 Å². The lowest BCUT2D eigenvalue weighted by Gasteiger charge is -2.28. The van der Waals surface area contributed by atoms with Crippen molar-refractivity contribution in [1.82, 2.24) is 0 Å². The first-order valence-corrected chi connectivity index (χ1v) is 7.15. The number of aryl methyl sites for hydroxylation is 1. The third kappa shape index (κ3) is 4.09. The summed E-state index contributed by atoms with van der Waals surface area (Å²) in [5, 5.41) is -0.531. The number of rotatable bonds is 7. The van der Waals surface area contributed by atoms with Crippen molar-refractivity contribution in [3.63, 3.8) is 0 Å². The van der Waals surface area contributed by atoms with E-state index in [-0.39, 0.29) is 12.0 Å². The highest BCUT2D eigenvalue weighted by Crippen LogP contribution is 2.22. The van der Waals surface area contributed by atoms with Crippen LogP contribution in [0.4, 0.5) is 5.69 Å². The van der Waals surface area contributed by atoms with Gasteiger partial charge in [0.15, 0.2) is 0 Å². The van der Waals surface area contributed by atoms with Gasteiger partial charge in [-0.2, -0.15) is 0 Å². The Bertz CT molecular complexity index is 462. The zero-order valence-corrected chi connectivity index (χ0v) is 13.1. The van der Waals surface area contributed by atoms with Gasteiger partial charge in [-0.15, -0.1) is 18.2 Å². The molecule has 110 valence electrons. The van der Waals surface area contributed by atoms with Crippen LogP contribution in [0, 0.1) is 6.92 Å². The molecule has 20 heavy (non-hydrogen) atoms. The molecular formula is C16H22ClNO2. The number of alkyl halides is 1. The van der Waals surface area contributed by atoms with Gasteiger partial charge in [-0.1, -0.05) is 31.2 Å². The molecule has 0 N–H and O–H groups in total. The largest absolute Gasteiger partial charge is 0.376 e. The van der Waals surface area contributed by atoms with Crippen LogP contribution in [0.15, 0.2) is 36.9 Å². The van der Waals surface area contributed by atoms with Gasteiger partial charge < -0.3 is 9.64 Å². The van der Waals surface area contributed by atoms with Gasteiger partial charge in [0.25, 0.3) is 0 Å². The fraction of sp³-hybridized carbons (Fsp3) is 0.438. The summed E-state index contributed by atoms with van der Waals surface area (Å²) in [6, 6.07) is 7.75. The second-order valence-electron chi connectivity index (χ2n) is 4.62. The molecule has 0 aliphatic rings. The number of carbonyl (C=O) groups excluding carboxylic acids is 1. The van der Waals surface area contributed by atoms with Crippen LogP contribution in [0.1, 0.15) is 18.9 Å². The molecule has 0 saturated heterocycles. The number of anilines is 1. The first-order valence-electron chi connectivity index (χ1n) is 6.71. The van der Waals surface area contributed by atoms with Crippen LogP contribution in [0.25, 0.3) is 0 Å². The minimum Gasteiger partial charge on any atom is -0.376 e. The van der Waals surface area contributed by atoms with E-state index in [1.807, 2.05) is 38.1 Å². The van der Waals surface area contributed by atoms with E-state index < -0.39 is 5.38 Å². The van der Waals surface area contributed by atoms with Gasteiger partial charge in [-0.05, 0) is 25.0 Å². The van der Waals surface area contributed by atoms with Gasteiger partial charge in [0, 0.05) is 12.8 Å². The highest BCUT2D eigenvalue weighted by molar-refractivity contribution is 6.32. The minimum absolute atomic E-state index is 0.104. The van der Waals surface area contributed by atoms with Crippen molar-refractivity contribution in [1.29, 1.82) is 0 Å². The lowest BCUT2D eigenvalue weighted by Crippen LogP contribution is -2.42. The number of nitrogens with zero attached hydrogens (tertiary/aromatic N) is 1. The van der Waals surface area contributed by atoms with E-state index in [4.69, 9.17) is 16.3 Å². The molecule has 1 aromatic carbocycles. The van der Waals surface area contributed by atoms with Crippen LogP contribution in [0.2, 0.25) is 0 Å². The number of ether oxygens (including phenoxy) is 1. The second kappa shape index (κ2) is 8.08. The lowest BCUT2D eigenvalue weighted by atomic mass is 10.1. The SMILES string of the molecule is C=CC(CN(C(=O)C(Cl)CC)c1ccccc1C)OC. The molecule has 0 heterocycles. The molecule has 2 atom stereocenters. The number of halogens is 1. The summed E-state index contributed by atoms with van der Waals surface area (Å²) in [4.78, 5) is 14.2. The number of hydrogen-bond acceptors (Lipinski definition) is 2. The van der Waals surface area contributed by atoms with Crippen LogP contribution >= 0.6 is 11.6 Å². The van der Waals surface area contributed by atoms with Crippen LogP contribution in [0.3, 0.4) is 0 Å². The van der Waals surface area contributed by atoms with Crippen molar-refractivity contribution >= 4 is 23.2 Å². The molecule has 1 rings (SSSR count). The third-order valence-corrected chi connectivity index (χ3v) is 3.72. The van der Waals surface area contributed by atoms with Gasteiger partial charge in [0.05, 0.1) is 12.6 Å². The topological polar surface area (TPSA) is 29.5 Å². The Balaban J connectivity index is 3.10. The van der Waals surface area contributed by atoms with Gasteiger partial charge >= 0.3 is 0 Å². The van der Waals surface area contributed by atoms with Crippen molar-refractivity contribution in [3.05, 3.63) is 42.5 Å². The van der Waals surface area contributed by atoms with E-state index in [0.717, 1.165) is 11.3 Å². The zero-order valence-electron chi connectivity index (χ0n) is 12.3. The molecule has 0 saturated carbocycles. The quantitative estimate of drug-likeness (QED) is 0.569. The molecule has 1 amide bonds. The highest BCUT2D eigenvalue weighted by atomic mass is 35.5. The van der Waals surface area contributed by atoms with Gasteiger partial charge in [-0.3, -0.25) is 4.79 Å². The molecule has 1 aromatic rings. The summed E-state index contributed by atoms with van der Waals surface area (Å²) in [5.74, 6) is -0.104. The Morgan fingerprint density at radius 1 is 1.50 bits per heavy atom. The van der Waals surface area contributed by atoms with Crippen molar-refractivity contribution in [3.8, 4) is 0 Å². The average molecular weight is 296 g/mol. The van der Waals surface area contributed by atoms with Crippen molar-refractivity contribution in [2.75, 3.05) is 18.6 Å². The van der Waals surface area contributed by atoms with Crippen molar-refractivity contribution < 1.29 is 9.53 Å². The maximum atomic E-state index is 12.5. The first-order chi connectivity index (χ1) is 9.54. The molecule has 0 radical (unpaired) electrons. The van der Waals surface area contributed by atoms with E-state index in [0.29, 0.717) is 13.0 Å². The van der Waals surface area contributed by atoms with E-state index in [9.17, 15) is 4.79 Å². The highest BCUT2D eigenvalue weighted by Gasteiger charge is 2.25. The van der Waals surface area contributed by atoms with E-state index in [1.165, 1.54) is 0 Å². The van der Waals surface area contributed by atoms with Crippen molar-refractivity contribution in [2.24, 2.45) is 0 Å². The maximum Gasteiger partial charge on any atom is 0.245 e. The van der Waals surface area contributed by atoms with Crippen LogP contribution in [-0.4, -0.2) is 31.0 Å². The lowest BCUT2D eigenvalue weighted by molar-refractivity contribution is -0.118. The Hall–Kier alpha value is -1.32. The van der Waals surface area contributed by atoms with Crippen LogP contribution in [-0.2, 0) is 9.53 Å². The average Bonchev–Trinajstić information content (AvgIpc) is 2.48. The minimum atomic E-state index is -0.531. The predicted molar refractivity (Wildman–Crippen MR) is 84.5 cm³/mol. The molecule has 0 bridgehead atoms. The second-order valence-corrected chi connectivity index (χ2v) is 5.15. The normalized spacial score (nSPS) is 13.6. The zero-order chi connectivity index (χ0) is 15.1. The molecule has 0 aliphatic carbocycles. The first kappa shape index (κ1) is 16.7. The monoisotopic (exact) mass is 295 g/mol. The molecule has 2 unspecified atom stereocenters. The Morgan fingerprint density at radius 2 is 2.15 bits per heavy atom. The molecule has 0 spiro atoms. The molecule has 0 fully saturated rings. The molecule has 0 aliphatic heterocycles. The number of amides is 1. The van der Waals surface area contributed by atoms with Gasteiger partial charge in [-0.25, -0.2) is 0 Å². The predicted octanol–water partition coefficient (Wildman–Crippen LogP) is 3.55. The number of benzene rings is 1. The number of methoxy groups -OCH3 is 1. The molecule has 0 aromatic heterocycles. The summed E-state index contributed by atoms with van der Waals surface area (Å²) < 4.78 is 5.30. The van der Waals surface area contributed by atoms with Crippen molar-refractivity contribution in [2.45, 2.75) is 31.7 Å².